The van der Waals surface area contributed by atoms with Crippen molar-refractivity contribution in [1.29, 1.82) is 0 Å². The highest BCUT2D eigenvalue weighted by Gasteiger charge is 2.19. The third kappa shape index (κ3) is 5.91. The van der Waals surface area contributed by atoms with Crippen LogP contribution in [0.25, 0.3) is 0 Å². The van der Waals surface area contributed by atoms with Gasteiger partial charge in [-0.2, -0.15) is 4.91 Å². The molecule has 2 atom stereocenters. The maximum absolute atomic E-state index is 11.7. The Morgan fingerprint density at radius 1 is 1.33 bits per heavy atom. The van der Waals surface area contributed by atoms with Gasteiger partial charge < -0.3 is 10.4 Å². The van der Waals surface area contributed by atoms with Gasteiger partial charge in [-0.25, -0.2) is 0 Å². The number of rotatable bonds is 8. The summed E-state index contributed by atoms with van der Waals surface area (Å²) >= 11 is 5.80. The molecule has 0 saturated heterocycles. The number of carboxylic acid groups (broad SMARTS) is 1. The van der Waals surface area contributed by atoms with Crippen LogP contribution in [0.5, 0.6) is 0 Å². The molecule has 1 amide bonds. The first kappa shape index (κ1) is 17.1. The van der Waals surface area contributed by atoms with Gasteiger partial charge in [-0.05, 0) is 17.7 Å². The molecule has 0 aliphatic heterocycles. The summed E-state index contributed by atoms with van der Waals surface area (Å²) in [5, 5.41) is 14.9. The van der Waals surface area contributed by atoms with E-state index in [1.807, 2.05) is 0 Å². The molecule has 2 unspecified atom stereocenters. The number of hydrogen-bond donors (Lipinski definition) is 2. The minimum Gasteiger partial charge on any atom is -0.481 e. The third-order valence-corrected chi connectivity index (χ3v) is 3.33. The van der Waals surface area contributed by atoms with Gasteiger partial charge in [0.15, 0.2) is 0 Å². The fourth-order valence-corrected chi connectivity index (χ4v) is 1.97. The van der Waals surface area contributed by atoms with Crippen LogP contribution in [0.2, 0.25) is 5.02 Å². The zero-order chi connectivity index (χ0) is 15.8. The lowest BCUT2D eigenvalue weighted by molar-refractivity contribution is -0.137. The Morgan fingerprint density at radius 2 is 1.95 bits per heavy atom. The van der Waals surface area contributed by atoms with Crippen LogP contribution in [0, 0.1) is 10.8 Å². The van der Waals surface area contributed by atoms with E-state index < -0.39 is 11.9 Å². The molecule has 2 N–H and O–H groups in total. The van der Waals surface area contributed by atoms with Crippen LogP contribution < -0.4 is 5.32 Å². The number of nitrogens with zero attached hydrogens (tertiary/aromatic N) is 1. The van der Waals surface area contributed by atoms with Gasteiger partial charge in [-0.3, -0.25) is 9.59 Å². The Bertz CT molecular complexity index is 504. The van der Waals surface area contributed by atoms with E-state index in [2.05, 4.69) is 10.5 Å². The van der Waals surface area contributed by atoms with Crippen molar-refractivity contribution < 1.29 is 14.7 Å². The monoisotopic (exact) mass is 312 g/mol. The molecule has 0 spiro atoms. The molecular formula is C14H17ClN2O4. The van der Waals surface area contributed by atoms with E-state index in [-0.39, 0.29) is 31.3 Å². The number of nitrogens with one attached hydrogen (secondary N) is 1. The van der Waals surface area contributed by atoms with Gasteiger partial charge in [0.1, 0.15) is 0 Å². The van der Waals surface area contributed by atoms with Crippen molar-refractivity contribution in [2.75, 3.05) is 13.1 Å². The Labute approximate surface area is 127 Å². The largest absolute Gasteiger partial charge is 0.481 e. The van der Waals surface area contributed by atoms with Crippen LogP contribution in [0.15, 0.2) is 29.4 Å². The van der Waals surface area contributed by atoms with Gasteiger partial charge in [0, 0.05) is 17.5 Å². The summed E-state index contributed by atoms with van der Waals surface area (Å²) in [6.07, 6.45) is -0.109. The van der Waals surface area contributed by atoms with Gasteiger partial charge >= 0.3 is 5.97 Å². The van der Waals surface area contributed by atoms with E-state index in [1.165, 1.54) is 0 Å². The Balaban J connectivity index is 2.70. The molecule has 0 radical (unpaired) electrons. The number of carbonyl (C=O) groups is 2. The molecule has 1 aromatic carbocycles. The number of benzene rings is 1. The van der Waals surface area contributed by atoms with E-state index in [9.17, 15) is 14.5 Å². The van der Waals surface area contributed by atoms with Crippen LogP contribution in [-0.2, 0) is 9.59 Å². The first-order valence-corrected chi connectivity index (χ1v) is 6.86. The number of carboxylic acids is 1. The quantitative estimate of drug-likeness (QED) is 0.720. The Morgan fingerprint density at radius 3 is 2.48 bits per heavy atom. The van der Waals surface area contributed by atoms with E-state index in [1.54, 1.807) is 31.2 Å². The highest BCUT2D eigenvalue weighted by Crippen LogP contribution is 2.21. The van der Waals surface area contributed by atoms with Gasteiger partial charge in [-0.15, -0.1) is 0 Å². The van der Waals surface area contributed by atoms with Crippen LogP contribution in [0.4, 0.5) is 0 Å². The number of carbonyl (C=O) groups excluding carboxylic acids is 1. The molecule has 1 rings (SSSR count). The van der Waals surface area contributed by atoms with Crippen LogP contribution in [0.1, 0.15) is 24.8 Å². The summed E-state index contributed by atoms with van der Waals surface area (Å²) in [6.45, 7) is 1.66. The second-order valence-corrected chi connectivity index (χ2v) is 5.24. The molecule has 0 bridgehead atoms. The van der Waals surface area contributed by atoms with Crippen molar-refractivity contribution in [3.63, 3.8) is 0 Å². The highest BCUT2D eigenvalue weighted by molar-refractivity contribution is 6.30. The number of halogens is 1. The number of aliphatic carboxylic acids is 1. The second kappa shape index (κ2) is 8.36. The molecule has 114 valence electrons. The average molecular weight is 313 g/mol. The zero-order valence-corrected chi connectivity index (χ0v) is 12.3. The molecule has 0 aromatic heterocycles. The molecule has 6 nitrogen and oxygen atoms in total. The number of hydrogen-bond acceptors (Lipinski definition) is 4. The van der Waals surface area contributed by atoms with E-state index in [0.29, 0.717) is 5.02 Å². The fraction of sp³-hybridized carbons (Fsp3) is 0.429. The number of nitroso groups, excluding NO2 is 1. The molecule has 0 aliphatic carbocycles. The molecule has 21 heavy (non-hydrogen) atoms. The predicted molar refractivity (Wildman–Crippen MR) is 79.3 cm³/mol. The SMILES string of the molecule is CC(CN=O)C(=O)NCC(CC(=O)O)c1ccc(Cl)cc1. The van der Waals surface area contributed by atoms with E-state index in [0.717, 1.165) is 5.56 Å². The summed E-state index contributed by atoms with van der Waals surface area (Å²) in [5.74, 6) is -2.16. The lowest BCUT2D eigenvalue weighted by Gasteiger charge is -2.17. The topological polar surface area (TPSA) is 95.8 Å². The van der Waals surface area contributed by atoms with Crippen molar-refractivity contribution in [3.05, 3.63) is 39.8 Å². The maximum atomic E-state index is 11.7. The minimum atomic E-state index is -0.952. The molecule has 1 aromatic rings. The van der Waals surface area contributed by atoms with Gasteiger partial charge in [0.05, 0.1) is 18.9 Å². The lowest BCUT2D eigenvalue weighted by Crippen LogP contribution is -2.34. The molecule has 0 fully saturated rings. The molecular weight excluding hydrogens is 296 g/mol. The standard InChI is InChI=1S/C14H17ClN2O4/c1-9(7-17-21)14(20)16-8-11(6-13(18)19)10-2-4-12(15)5-3-10/h2-5,9,11H,6-8H2,1H3,(H,16,20)(H,18,19). The highest BCUT2D eigenvalue weighted by atomic mass is 35.5. The summed E-state index contributed by atoms with van der Waals surface area (Å²) < 4.78 is 0. The maximum Gasteiger partial charge on any atom is 0.304 e. The second-order valence-electron chi connectivity index (χ2n) is 4.80. The van der Waals surface area contributed by atoms with E-state index in [4.69, 9.17) is 16.7 Å². The lowest BCUT2D eigenvalue weighted by atomic mass is 9.95. The van der Waals surface area contributed by atoms with E-state index >= 15 is 0 Å². The van der Waals surface area contributed by atoms with Crippen molar-refractivity contribution in [2.45, 2.75) is 19.3 Å². The molecule has 0 heterocycles. The third-order valence-electron chi connectivity index (χ3n) is 3.08. The van der Waals surface area contributed by atoms with Crippen LogP contribution >= 0.6 is 11.6 Å². The summed E-state index contributed by atoms with van der Waals surface area (Å²) in [7, 11) is 0. The van der Waals surface area contributed by atoms with Crippen molar-refractivity contribution in [1.82, 2.24) is 5.32 Å². The first-order valence-electron chi connectivity index (χ1n) is 6.48. The van der Waals surface area contributed by atoms with Crippen LogP contribution in [-0.4, -0.2) is 30.1 Å². The Kier molecular flexibility index (Phi) is 6.81. The first-order chi connectivity index (χ1) is 9.93. The summed E-state index contributed by atoms with van der Waals surface area (Å²) in [4.78, 5) is 32.8. The minimum absolute atomic E-state index is 0.101. The molecule has 0 aliphatic rings. The molecule has 0 saturated carbocycles. The van der Waals surface area contributed by atoms with Crippen molar-refractivity contribution in [3.8, 4) is 0 Å². The Hall–Kier alpha value is -1.95. The molecule has 7 heteroatoms. The average Bonchev–Trinajstić information content (AvgIpc) is 2.44. The van der Waals surface area contributed by atoms with Gasteiger partial charge in [0.2, 0.25) is 5.91 Å². The van der Waals surface area contributed by atoms with Crippen LogP contribution in [0.3, 0.4) is 0 Å². The normalized spacial score (nSPS) is 13.2. The van der Waals surface area contributed by atoms with Crippen molar-refractivity contribution >= 4 is 23.5 Å². The van der Waals surface area contributed by atoms with Gasteiger partial charge in [0.25, 0.3) is 0 Å². The number of amides is 1. The summed E-state index contributed by atoms with van der Waals surface area (Å²) in [5.41, 5.74) is 0.781. The fourth-order valence-electron chi connectivity index (χ4n) is 1.85. The van der Waals surface area contributed by atoms with Crippen molar-refractivity contribution in [2.24, 2.45) is 11.1 Å². The summed E-state index contributed by atoms with van der Waals surface area (Å²) in [6, 6.07) is 6.82. The smallest absolute Gasteiger partial charge is 0.304 e. The predicted octanol–water partition coefficient (Wildman–Crippen LogP) is 2.42. The zero-order valence-electron chi connectivity index (χ0n) is 11.6. The van der Waals surface area contributed by atoms with Gasteiger partial charge in [-0.1, -0.05) is 35.8 Å².